The highest BCUT2D eigenvalue weighted by Crippen LogP contribution is 2.26. The van der Waals surface area contributed by atoms with Crippen molar-refractivity contribution in [3.63, 3.8) is 0 Å². The summed E-state index contributed by atoms with van der Waals surface area (Å²) in [7, 11) is 0. The number of aromatic nitrogens is 3. The minimum Gasteiger partial charge on any atom is -0.298 e. The van der Waals surface area contributed by atoms with Crippen LogP contribution in [0.2, 0.25) is 0 Å². The molecule has 1 aromatic carbocycles. The van der Waals surface area contributed by atoms with Gasteiger partial charge in [-0.2, -0.15) is 5.10 Å². The summed E-state index contributed by atoms with van der Waals surface area (Å²) in [6.07, 6.45) is 4.66. The number of nitrogens with one attached hydrogen (secondary N) is 2. The number of hydrogen-bond donors (Lipinski definition) is 2. The highest BCUT2D eigenvalue weighted by Gasteiger charge is 2.15. The number of H-pyrrole nitrogens is 1. The SMILES string of the molecule is CCCc1nc(NC(=O)c2cccc3cn[nH]c23)sc1CC. The Morgan fingerprint density at radius 1 is 1.36 bits per heavy atom. The molecule has 114 valence electrons. The van der Waals surface area contributed by atoms with Crippen molar-refractivity contribution in [3.05, 3.63) is 40.5 Å². The molecule has 0 aliphatic rings. The Bertz CT molecular complexity index is 805. The minimum absolute atomic E-state index is 0.158. The first-order valence-electron chi connectivity index (χ1n) is 7.45. The second kappa shape index (κ2) is 6.27. The van der Waals surface area contributed by atoms with Gasteiger partial charge in [0.05, 0.1) is 23.0 Å². The molecule has 0 atom stereocenters. The molecule has 1 amide bonds. The van der Waals surface area contributed by atoms with Gasteiger partial charge in [-0.05, 0) is 18.9 Å². The van der Waals surface area contributed by atoms with Crippen molar-refractivity contribution in [2.75, 3.05) is 5.32 Å². The Morgan fingerprint density at radius 3 is 3.00 bits per heavy atom. The molecule has 2 aromatic heterocycles. The van der Waals surface area contributed by atoms with Gasteiger partial charge in [-0.3, -0.25) is 15.2 Å². The molecule has 5 nitrogen and oxygen atoms in total. The van der Waals surface area contributed by atoms with E-state index in [9.17, 15) is 4.79 Å². The van der Waals surface area contributed by atoms with E-state index in [0.717, 1.165) is 35.9 Å². The van der Waals surface area contributed by atoms with E-state index in [-0.39, 0.29) is 5.91 Å². The van der Waals surface area contributed by atoms with Gasteiger partial charge in [-0.25, -0.2) is 4.98 Å². The van der Waals surface area contributed by atoms with Gasteiger partial charge in [-0.1, -0.05) is 32.4 Å². The Morgan fingerprint density at radius 2 is 2.23 bits per heavy atom. The van der Waals surface area contributed by atoms with Crippen LogP contribution in [-0.4, -0.2) is 21.1 Å². The van der Waals surface area contributed by atoms with Crippen LogP contribution in [0.5, 0.6) is 0 Å². The zero-order chi connectivity index (χ0) is 15.5. The fourth-order valence-electron chi connectivity index (χ4n) is 2.47. The molecule has 2 heterocycles. The van der Waals surface area contributed by atoms with Crippen LogP contribution < -0.4 is 5.32 Å². The van der Waals surface area contributed by atoms with Crippen LogP contribution in [0.15, 0.2) is 24.4 Å². The molecule has 0 spiro atoms. The lowest BCUT2D eigenvalue weighted by molar-refractivity contribution is 0.102. The van der Waals surface area contributed by atoms with Crippen molar-refractivity contribution in [3.8, 4) is 0 Å². The summed E-state index contributed by atoms with van der Waals surface area (Å²) < 4.78 is 0. The van der Waals surface area contributed by atoms with Gasteiger partial charge in [0.25, 0.3) is 5.91 Å². The van der Waals surface area contributed by atoms with Crippen molar-refractivity contribution < 1.29 is 4.79 Å². The summed E-state index contributed by atoms with van der Waals surface area (Å²) in [6, 6.07) is 5.57. The van der Waals surface area contributed by atoms with Crippen LogP contribution in [0, 0.1) is 0 Å². The van der Waals surface area contributed by atoms with Crippen LogP contribution in [0.3, 0.4) is 0 Å². The van der Waals surface area contributed by atoms with E-state index >= 15 is 0 Å². The molecule has 3 rings (SSSR count). The van der Waals surface area contributed by atoms with E-state index in [1.165, 1.54) is 4.88 Å². The highest BCUT2D eigenvalue weighted by molar-refractivity contribution is 7.15. The van der Waals surface area contributed by atoms with Gasteiger partial charge in [0.2, 0.25) is 0 Å². The number of thiazole rings is 1. The van der Waals surface area contributed by atoms with Gasteiger partial charge in [0, 0.05) is 10.3 Å². The molecule has 0 fully saturated rings. The van der Waals surface area contributed by atoms with Crippen LogP contribution in [0.25, 0.3) is 10.9 Å². The summed E-state index contributed by atoms with van der Waals surface area (Å²) in [5.74, 6) is -0.158. The highest BCUT2D eigenvalue weighted by atomic mass is 32.1. The first-order chi connectivity index (χ1) is 10.7. The number of fused-ring (bicyclic) bond motifs is 1. The van der Waals surface area contributed by atoms with Crippen molar-refractivity contribution in [2.24, 2.45) is 0 Å². The van der Waals surface area contributed by atoms with Crippen LogP contribution in [0.4, 0.5) is 5.13 Å². The quantitative estimate of drug-likeness (QED) is 0.752. The normalized spacial score (nSPS) is 11.0. The number of para-hydroxylation sites is 1. The van der Waals surface area contributed by atoms with E-state index in [4.69, 9.17) is 0 Å². The molecular formula is C16H18N4OS. The van der Waals surface area contributed by atoms with E-state index in [1.807, 2.05) is 12.1 Å². The van der Waals surface area contributed by atoms with Crippen molar-refractivity contribution >= 4 is 33.3 Å². The zero-order valence-electron chi connectivity index (χ0n) is 12.6. The fraction of sp³-hybridized carbons (Fsp3) is 0.312. The Labute approximate surface area is 132 Å². The average molecular weight is 314 g/mol. The summed E-state index contributed by atoms with van der Waals surface area (Å²) in [5, 5.41) is 11.4. The van der Waals surface area contributed by atoms with Crippen LogP contribution >= 0.6 is 11.3 Å². The van der Waals surface area contributed by atoms with Gasteiger partial charge in [0.1, 0.15) is 0 Å². The van der Waals surface area contributed by atoms with Gasteiger partial charge in [0.15, 0.2) is 5.13 Å². The maximum absolute atomic E-state index is 12.5. The second-order valence-electron chi connectivity index (χ2n) is 5.09. The first kappa shape index (κ1) is 14.7. The third-order valence-electron chi connectivity index (χ3n) is 3.53. The van der Waals surface area contributed by atoms with Gasteiger partial charge >= 0.3 is 0 Å². The Kier molecular flexibility index (Phi) is 4.20. The van der Waals surface area contributed by atoms with Crippen molar-refractivity contribution in [2.45, 2.75) is 33.1 Å². The summed E-state index contributed by atoms with van der Waals surface area (Å²) in [5.41, 5.74) is 2.44. The van der Waals surface area contributed by atoms with Gasteiger partial charge in [-0.15, -0.1) is 11.3 Å². The summed E-state index contributed by atoms with van der Waals surface area (Å²) in [4.78, 5) is 18.3. The van der Waals surface area contributed by atoms with E-state index in [2.05, 4.69) is 34.3 Å². The minimum atomic E-state index is -0.158. The molecule has 22 heavy (non-hydrogen) atoms. The fourth-order valence-corrected chi connectivity index (χ4v) is 3.41. The number of nitrogens with zero attached hydrogens (tertiary/aromatic N) is 2. The monoisotopic (exact) mass is 314 g/mol. The lowest BCUT2D eigenvalue weighted by Crippen LogP contribution is -2.12. The number of hydrogen-bond acceptors (Lipinski definition) is 4. The number of aromatic amines is 1. The predicted octanol–water partition coefficient (Wildman–Crippen LogP) is 3.79. The average Bonchev–Trinajstić information content (AvgIpc) is 3.13. The Balaban J connectivity index is 1.86. The van der Waals surface area contributed by atoms with Crippen LogP contribution in [0.1, 0.15) is 41.2 Å². The van der Waals surface area contributed by atoms with Crippen molar-refractivity contribution in [1.82, 2.24) is 15.2 Å². The predicted molar refractivity (Wildman–Crippen MR) is 89.5 cm³/mol. The van der Waals surface area contributed by atoms with Crippen molar-refractivity contribution in [1.29, 1.82) is 0 Å². The molecule has 0 unspecified atom stereocenters. The molecule has 0 aliphatic carbocycles. The molecule has 0 aliphatic heterocycles. The second-order valence-corrected chi connectivity index (χ2v) is 6.17. The zero-order valence-corrected chi connectivity index (χ0v) is 13.5. The molecule has 0 radical (unpaired) electrons. The number of amides is 1. The van der Waals surface area contributed by atoms with E-state index in [1.54, 1.807) is 23.6 Å². The topological polar surface area (TPSA) is 70.7 Å². The van der Waals surface area contributed by atoms with Gasteiger partial charge < -0.3 is 0 Å². The maximum atomic E-state index is 12.5. The Hall–Kier alpha value is -2.21. The first-order valence-corrected chi connectivity index (χ1v) is 8.26. The smallest absolute Gasteiger partial charge is 0.259 e. The van der Waals surface area contributed by atoms with E-state index in [0.29, 0.717) is 10.7 Å². The largest absolute Gasteiger partial charge is 0.298 e. The summed E-state index contributed by atoms with van der Waals surface area (Å²) >= 11 is 1.56. The molecule has 0 saturated heterocycles. The number of rotatable bonds is 5. The number of carbonyl (C=O) groups is 1. The lowest BCUT2D eigenvalue weighted by atomic mass is 10.1. The number of anilines is 1. The molecule has 0 bridgehead atoms. The molecule has 3 aromatic rings. The maximum Gasteiger partial charge on any atom is 0.259 e. The van der Waals surface area contributed by atoms with E-state index < -0.39 is 0 Å². The molecule has 6 heteroatoms. The number of aryl methyl sites for hydroxylation is 2. The molecule has 0 saturated carbocycles. The van der Waals surface area contributed by atoms with Crippen LogP contribution in [-0.2, 0) is 12.8 Å². The summed E-state index contributed by atoms with van der Waals surface area (Å²) in [6.45, 7) is 4.25. The lowest BCUT2D eigenvalue weighted by Gasteiger charge is -2.02. The molecular weight excluding hydrogens is 296 g/mol. The standard InChI is InChI=1S/C16H18N4OS/c1-3-6-12-13(4-2)22-16(18-12)19-15(21)11-8-5-7-10-9-17-20-14(10)11/h5,7-9H,3-4,6H2,1-2H3,(H,17,20)(H,18,19,21). The third kappa shape index (κ3) is 2.74. The third-order valence-corrected chi connectivity index (χ3v) is 4.69. The number of carbonyl (C=O) groups excluding carboxylic acids is 1. The molecule has 2 N–H and O–H groups in total. The number of benzene rings is 1.